The second kappa shape index (κ2) is 7.93. The third-order valence-corrected chi connectivity index (χ3v) is 5.79. The molecule has 126 valence electrons. The summed E-state index contributed by atoms with van der Waals surface area (Å²) in [5.41, 5.74) is 1.27. The molecular weight excluding hydrogens is 310 g/mol. The van der Waals surface area contributed by atoms with E-state index in [-0.39, 0.29) is 11.8 Å². The van der Waals surface area contributed by atoms with Gasteiger partial charge in [0.25, 0.3) is 0 Å². The summed E-state index contributed by atoms with van der Waals surface area (Å²) < 4.78 is 0. The van der Waals surface area contributed by atoms with Gasteiger partial charge in [-0.25, -0.2) is 0 Å². The van der Waals surface area contributed by atoms with Crippen LogP contribution in [0.3, 0.4) is 0 Å². The zero-order valence-corrected chi connectivity index (χ0v) is 14.3. The normalized spacial score (nSPS) is 20.3. The molecule has 1 atom stereocenters. The van der Waals surface area contributed by atoms with Crippen LogP contribution in [-0.2, 0) is 22.6 Å². The van der Waals surface area contributed by atoms with E-state index in [0.29, 0.717) is 25.3 Å². The monoisotopic (exact) mass is 335 g/mol. The molecule has 1 aromatic rings. The van der Waals surface area contributed by atoms with Gasteiger partial charge in [-0.2, -0.15) is 0 Å². The van der Waals surface area contributed by atoms with Gasteiger partial charge in [-0.3, -0.25) is 9.59 Å². The lowest BCUT2D eigenvalue weighted by Crippen LogP contribution is -2.36. The minimum atomic E-state index is -0.00228. The largest absolute Gasteiger partial charge is 0.356 e. The van der Waals surface area contributed by atoms with E-state index in [9.17, 15) is 9.59 Å². The number of fused-ring (bicyclic) bond motifs is 1. The van der Waals surface area contributed by atoms with E-state index in [1.807, 2.05) is 4.90 Å². The number of carbonyl (C=O) groups excluding carboxylic acids is 2. The Bertz CT molecular complexity index is 552. The maximum atomic E-state index is 12.3. The molecule has 2 N–H and O–H groups in total. The Balaban J connectivity index is 1.33. The van der Waals surface area contributed by atoms with Crippen LogP contribution >= 0.6 is 11.3 Å². The average molecular weight is 335 g/mol. The maximum absolute atomic E-state index is 12.3. The molecule has 0 saturated carbocycles. The lowest BCUT2D eigenvalue weighted by molar-refractivity contribution is -0.134. The number of hydrogen-bond donors (Lipinski definition) is 2. The SMILES string of the molecule is O=C(CCC(=O)N1CCc2sccc2C1)NCCC1CCNC1. The summed E-state index contributed by atoms with van der Waals surface area (Å²) in [6, 6.07) is 2.10. The second-order valence-electron chi connectivity index (χ2n) is 6.43. The summed E-state index contributed by atoms with van der Waals surface area (Å²) in [5.74, 6) is 0.777. The second-order valence-corrected chi connectivity index (χ2v) is 7.43. The van der Waals surface area contributed by atoms with E-state index in [2.05, 4.69) is 22.1 Å². The van der Waals surface area contributed by atoms with Gasteiger partial charge in [0.1, 0.15) is 0 Å². The van der Waals surface area contributed by atoms with Gasteiger partial charge in [-0.05, 0) is 55.3 Å². The zero-order chi connectivity index (χ0) is 16.1. The summed E-state index contributed by atoms with van der Waals surface area (Å²) in [5, 5.41) is 8.36. The van der Waals surface area contributed by atoms with Crippen molar-refractivity contribution >= 4 is 23.2 Å². The molecule has 1 aromatic heterocycles. The van der Waals surface area contributed by atoms with Crippen LogP contribution in [0.2, 0.25) is 0 Å². The summed E-state index contributed by atoms with van der Waals surface area (Å²) in [6.07, 6.45) is 3.79. The van der Waals surface area contributed by atoms with Crippen LogP contribution in [0.4, 0.5) is 0 Å². The van der Waals surface area contributed by atoms with Crippen molar-refractivity contribution in [2.75, 3.05) is 26.2 Å². The van der Waals surface area contributed by atoms with E-state index in [0.717, 1.165) is 39.0 Å². The molecule has 0 spiro atoms. The maximum Gasteiger partial charge on any atom is 0.223 e. The smallest absolute Gasteiger partial charge is 0.223 e. The highest BCUT2D eigenvalue weighted by Crippen LogP contribution is 2.24. The van der Waals surface area contributed by atoms with Crippen LogP contribution in [0, 0.1) is 5.92 Å². The van der Waals surface area contributed by atoms with Crippen molar-refractivity contribution in [2.45, 2.75) is 38.6 Å². The number of nitrogens with one attached hydrogen (secondary N) is 2. The Morgan fingerprint density at radius 3 is 3.13 bits per heavy atom. The standard InChI is InChI=1S/C17H25N3O2S/c21-16(19-8-4-13-3-7-18-11-13)1-2-17(22)20-9-5-15-14(12-20)6-10-23-15/h6,10,13,18H,1-5,7-9,11-12H2,(H,19,21). The summed E-state index contributed by atoms with van der Waals surface area (Å²) >= 11 is 1.77. The first-order valence-corrected chi connectivity index (χ1v) is 9.41. The first kappa shape index (κ1) is 16.5. The fraction of sp³-hybridized carbons (Fsp3) is 0.647. The molecule has 0 aromatic carbocycles. The van der Waals surface area contributed by atoms with Crippen LogP contribution in [0.1, 0.15) is 36.1 Å². The predicted molar refractivity (Wildman–Crippen MR) is 91.3 cm³/mol. The molecule has 6 heteroatoms. The molecule has 2 aliphatic heterocycles. The molecule has 5 nitrogen and oxygen atoms in total. The topological polar surface area (TPSA) is 61.4 Å². The molecule has 2 amide bonds. The fourth-order valence-electron chi connectivity index (χ4n) is 3.30. The molecule has 0 radical (unpaired) electrons. The third kappa shape index (κ3) is 4.54. The van der Waals surface area contributed by atoms with Crippen LogP contribution in [-0.4, -0.2) is 42.9 Å². The van der Waals surface area contributed by atoms with Crippen molar-refractivity contribution < 1.29 is 9.59 Å². The predicted octanol–water partition coefficient (Wildman–Crippen LogP) is 1.53. The van der Waals surface area contributed by atoms with Gasteiger partial charge in [0, 0.05) is 37.4 Å². The highest BCUT2D eigenvalue weighted by Gasteiger charge is 2.21. The summed E-state index contributed by atoms with van der Waals surface area (Å²) in [6.45, 7) is 4.36. The van der Waals surface area contributed by atoms with E-state index in [1.54, 1.807) is 11.3 Å². The quantitative estimate of drug-likeness (QED) is 0.829. The number of hydrogen-bond acceptors (Lipinski definition) is 4. The van der Waals surface area contributed by atoms with Crippen molar-refractivity contribution in [2.24, 2.45) is 5.92 Å². The van der Waals surface area contributed by atoms with E-state index in [1.165, 1.54) is 16.9 Å². The van der Waals surface area contributed by atoms with Crippen LogP contribution < -0.4 is 10.6 Å². The molecule has 1 saturated heterocycles. The Morgan fingerprint density at radius 2 is 2.30 bits per heavy atom. The van der Waals surface area contributed by atoms with Crippen molar-refractivity contribution in [3.05, 3.63) is 21.9 Å². The van der Waals surface area contributed by atoms with Crippen LogP contribution in [0.25, 0.3) is 0 Å². The Hall–Kier alpha value is -1.40. The lowest BCUT2D eigenvalue weighted by atomic mass is 10.1. The molecule has 1 unspecified atom stereocenters. The van der Waals surface area contributed by atoms with Crippen LogP contribution in [0.5, 0.6) is 0 Å². The first-order chi connectivity index (χ1) is 11.2. The van der Waals surface area contributed by atoms with Crippen LogP contribution in [0.15, 0.2) is 11.4 Å². The molecule has 1 fully saturated rings. The van der Waals surface area contributed by atoms with Gasteiger partial charge in [-0.1, -0.05) is 0 Å². The van der Waals surface area contributed by atoms with Gasteiger partial charge >= 0.3 is 0 Å². The van der Waals surface area contributed by atoms with Gasteiger partial charge in [0.15, 0.2) is 0 Å². The first-order valence-electron chi connectivity index (χ1n) is 8.53. The van der Waals surface area contributed by atoms with Gasteiger partial charge in [0.2, 0.25) is 11.8 Å². The highest BCUT2D eigenvalue weighted by atomic mass is 32.1. The fourth-order valence-corrected chi connectivity index (χ4v) is 4.19. The molecule has 3 rings (SSSR count). The molecular formula is C17H25N3O2S. The highest BCUT2D eigenvalue weighted by molar-refractivity contribution is 7.10. The number of nitrogens with zero attached hydrogens (tertiary/aromatic N) is 1. The van der Waals surface area contributed by atoms with Gasteiger partial charge < -0.3 is 15.5 Å². The zero-order valence-electron chi connectivity index (χ0n) is 13.5. The Morgan fingerprint density at radius 1 is 1.39 bits per heavy atom. The number of thiophene rings is 1. The lowest BCUT2D eigenvalue weighted by Gasteiger charge is -2.27. The molecule has 0 aliphatic carbocycles. The summed E-state index contributed by atoms with van der Waals surface area (Å²) in [7, 11) is 0. The summed E-state index contributed by atoms with van der Waals surface area (Å²) in [4.78, 5) is 27.4. The number of carbonyl (C=O) groups is 2. The van der Waals surface area contributed by atoms with Gasteiger partial charge in [-0.15, -0.1) is 11.3 Å². The molecule has 0 bridgehead atoms. The van der Waals surface area contributed by atoms with E-state index >= 15 is 0 Å². The number of rotatable bonds is 6. The molecule has 23 heavy (non-hydrogen) atoms. The Labute approximate surface area is 141 Å². The number of amides is 2. The van der Waals surface area contributed by atoms with Crippen molar-refractivity contribution in [1.29, 1.82) is 0 Å². The van der Waals surface area contributed by atoms with E-state index < -0.39 is 0 Å². The average Bonchev–Trinajstić information content (AvgIpc) is 3.23. The van der Waals surface area contributed by atoms with Crippen molar-refractivity contribution in [1.82, 2.24) is 15.5 Å². The van der Waals surface area contributed by atoms with E-state index in [4.69, 9.17) is 0 Å². The molecule has 2 aliphatic rings. The Kier molecular flexibility index (Phi) is 5.67. The van der Waals surface area contributed by atoms with Crippen molar-refractivity contribution in [3.63, 3.8) is 0 Å². The minimum absolute atomic E-state index is 0.00228. The van der Waals surface area contributed by atoms with Crippen molar-refractivity contribution in [3.8, 4) is 0 Å². The third-order valence-electron chi connectivity index (χ3n) is 4.76. The van der Waals surface area contributed by atoms with Gasteiger partial charge in [0.05, 0.1) is 0 Å². The molecule has 3 heterocycles. The minimum Gasteiger partial charge on any atom is -0.356 e.